The van der Waals surface area contributed by atoms with E-state index in [1.807, 2.05) is 6.92 Å². The van der Waals surface area contributed by atoms with Gasteiger partial charge in [0.2, 0.25) is 0 Å². The molecule has 0 fully saturated rings. The van der Waals surface area contributed by atoms with Crippen molar-refractivity contribution < 1.29 is 28.5 Å². The van der Waals surface area contributed by atoms with Gasteiger partial charge in [-0.1, -0.05) is 5.92 Å². The highest BCUT2D eigenvalue weighted by Gasteiger charge is 2.08. The van der Waals surface area contributed by atoms with Crippen LogP contribution in [0.1, 0.15) is 12.5 Å². The van der Waals surface area contributed by atoms with Crippen LogP contribution in [0.25, 0.3) is 0 Å². The fourth-order valence-corrected chi connectivity index (χ4v) is 2.16. The molecule has 6 nitrogen and oxygen atoms in total. The molecule has 0 atom stereocenters. The second-order valence-electron chi connectivity index (χ2n) is 4.95. The molecule has 0 bridgehead atoms. The smallest absolute Gasteiger partial charge is 0.390 e. The van der Waals surface area contributed by atoms with Crippen molar-refractivity contribution in [2.24, 2.45) is 0 Å². The summed E-state index contributed by atoms with van der Waals surface area (Å²) in [5, 5.41) is 0. The van der Waals surface area contributed by atoms with Crippen LogP contribution < -0.4 is 23.7 Å². The Morgan fingerprint density at radius 2 is 1.54 bits per heavy atom. The van der Waals surface area contributed by atoms with Crippen molar-refractivity contribution in [3.8, 4) is 40.6 Å². The zero-order valence-electron chi connectivity index (χ0n) is 15.1. The number of hydrogen-bond acceptors (Lipinski definition) is 6. The van der Waals surface area contributed by atoms with Crippen LogP contribution >= 0.6 is 0 Å². The first kappa shape index (κ1) is 19.0. The zero-order valence-corrected chi connectivity index (χ0v) is 15.1. The Balaban J connectivity index is 2.11. The Kier molecular flexibility index (Phi) is 6.75. The maximum Gasteiger partial charge on any atom is 0.390 e. The Labute approximate surface area is 152 Å². The Bertz CT molecular complexity index is 832. The number of ether oxygens (including phenoxy) is 5. The standard InChI is InChI=1S/C20H20O6/c1-5-25-17-9-6-14(12-18(17)23-3)7-11-20(21)26-15-8-10-16(22-2)19(13-15)24-4/h6,8-10,12-13H,5H2,1-4H3. The zero-order chi connectivity index (χ0) is 18.9. The first-order valence-corrected chi connectivity index (χ1v) is 7.88. The third-order valence-electron chi connectivity index (χ3n) is 3.34. The Hall–Kier alpha value is -3.33. The molecule has 0 heterocycles. The molecule has 0 spiro atoms. The molecule has 0 unspecified atom stereocenters. The molecule has 0 aromatic heterocycles. The first-order valence-electron chi connectivity index (χ1n) is 7.88. The molecule has 26 heavy (non-hydrogen) atoms. The van der Waals surface area contributed by atoms with Crippen molar-refractivity contribution in [3.05, 3.63) is 42.0 Å². The minimum absolute atomic E-state index is 0.311. The van der Waals surface area contributed by atoms with Gasteiger partial charge in [0.1, 0.15) is 5.75 Å². The lowest BCUT2D eigenvalue weighted by Crippen LogP contribution is -2.05. The third kappa shape index (κ3) is 4.84. The van der Waals surface area contributed by atoms with E-state index in [2.05, 4.69) is 11.8 Å². The van der Waals surface area contributed by atoms with Gasteiger partial charge in [-0.05, 0) is 37.3 Å². The summed E-state index contributed by atoms with van der Waals surface area (Å²) in [6, 6.07) is 9.98. The van der Waals surface area contributed by atoms with Gasteiger partial charge in [-0.15, -0.1) is 0 Å². The fraction of sp³-hybridized carbons (Fsp3) is 0.250. The number of carbonyl (C=O) groups excluding carboxylic acids is 1. The SMILES string of the molecule is CCOc1ccc(C#CC(=O)Oc2ccc(OC)c(OC)c2)cc1OC. The molecular formula is C20H20O6. The second-order valence-corrected chi connectivity index (χ2v) is 4.95. The molecule has 0 amide bonds. The number of rotatable bonds is 6. The highest BCUT2D eigenvalue weighted by molar-refractivity contribution is 5.91. The monoisotopic (exact) mass is 356 g/mol. The van der Waals surface area contributed by atoms with E-state index in [0.29, 0.717) is 40.9 Å². The Morgan fingerprint density at radius 3 is 2.19 bits per heavy atom. The van der Waals surface area contributed by atoms with Gasteiger partial charge in [0, 0.05) is 17.6 Å². The van der Waals surface area contributed by atoms with Crippen LogP contribution in [-0.2, 0) is 4.79 Å². The summed E-state index contributed by atoms with van der Waals surface area (Å²) < 4.78 is 26.2. The van der Waals surface area contributed by atoms with E-state index >= 15 is 0 Å². The number of hydrogen-bond donors (Lipinski definition) is 0. The quantitative estimate of drug-likeness (QED) is 0.450. The van der Waals surface area contributed by atoms with Gasteiger partial charge in [0.15, 0.2) is 23.0 Å². The van der Waals surface area contributed by atoms with Gasteiger partial charge >= 0.3 is 5.97 Å². The minimum atomic E-state index is -0.690. The minimum Gasteiger partial charge on any atom is -0.493 e. The lowest BCUT2D eigenvalue weighted by Gasteiger charge is -2.09. The molecule has 0 aliphatic rings. The third-order valence-corrected chi connectivity index (χ3v) is 3.34. The molecule has 2 rings (SSSR count). The highest BCUT2D eigenvalue weighted by atomic mass is 16.5. The normalized spacial score (nSPS) is 9.54. The van der Waals surface area contributed by atoms with Crippen molar-refractivity contribution in [2.75, 3.05) is 27.9 Å². The summed E-state index contributed by atoms with van der Waals surface area (Å²) in [5.41, 5.74) is 0.606. The molecular weight excluding hydrogens is 336 g/mol. The van der Waals surface area contributed by atoms with Gasteiger partial charge in [-0.25, -0.2) is 4.79 Å². The summed E-state index contributed by atoms with van der Waals surface area (Å²) in [4.78, 5) is 11.9. The predicted octanol–water partition coefficient (Wildman–Crippen LogP) is 3.07. The van der Waals surface area contributed by atoms with E-state index < -0.39 is 5.97 Å². The van der Waals surface area contributed by atoms with E-state index in [4.69, 9.17) is 23.7 Å². The van der Waals surface area contributed by atoms with E-state index in [1.165, 1.54) is 14.2 Å². The molecule has 2 aromatic rings. The number of methoxy groups -OCH3 is 3. The van der Waals surface area contributed by atoms with Crippen LogP contribution in [0, 0.1) is 11.8 Å². The van der Waals surface area contributed by atoms with E-state index in [0.717, 1.165) is 0 Å². The average molecular weight is 356 g/mol. The van der Waals surface area contributed by atoms with Gasteiger partial charge in [-0.3, -0.25) is 0 Å². The number of carbonyl (C=O) groups is 1. The van der Waals surface area contributed by atoms with Crippen molar-refractivity contribution >= 4 is 5.97 Å². The van der Waals surface area contributed by atoms with Crippen molar-refractivity contribution in [1.82, 2.24) is 0 Å². The summed E-state index contributed by atoms with van der Waals surface area (Å²) in [5.74, 6) is 6.97. The molecule has 0 saturated heterocycles. The summed E-state index contributed by atoms with van der Waals surface area (Å²) >= 11 is 0. The molecule has 0 radical (unpaired) electrons. The van der Waals surface area contributed by atoms with Crippen LogP contribution in [0.3, 0.4) is 0 Å². The maximum atomic E-state index is 11.9. The largest absolute Gasteiger partial charge is 0.493 e. The lowest BCUT2D eigenvalue weighted by molar-refractivity contribution is -0.128. The average Bonchev–Trinajstić information content (AvgIpc) is 2.67. The topological polar surface area (TPSA) is 63.2 Å². The van der Waals surface area contributed by atoms with E-state index in [9.17, 15) is 4.79 Å². The number of benzene rings is 2. The van der Waals surface area contributed by atoms with E-state index in [-0.39, 0.29) is 0 Å². The van der Waals surface area contributed by atoms with Crippen LogP contribution in [0.15, 0.2) is 36.4 Å². The summed E-state index contributed by atoms with van der Waals surface area (Å²) in [7, 11) is 4.57. The van der Waals surface area contributed by atoms with E-state index in [1.54, 1.807) is 43.5 Å². The van der Waals surface area contributed by atoms with Crippen molar-refractivity contribution in [1.29, 1.82) is 0 Å². The maximum absolute atomic E-state index is 11.9. The molecule has 136 valence electrons. The highest BCUT2D eigenvalue weighted by Crippen LogP contribution is 2.31. The van der Waals surface area contributed by atoms with Crippen molar-refractivity contribution in [3.63, 3.8) is 0 Å². The molecule has 6 heteroatoms. The van der Waals surface area contributed by atoms with Gasteiger partial charge in [0.25, 0.3) is 0 Å². The molecule has 0 aliphatic heterocycles. The van der Waals surface area contributed by atoms with Crippen LogP contribution in [0.2, 0.25) is 0 Å². The van der Waals surface area contributed by atoms with Crippen molar-refractivity contribution in [2.45, 2.75) is 6.92 Å². The Morgan fingerprint density at radius 1 is 0.885 bits per heavy atom. The molecule has 2 aromatic carbocycles. The number of esters is 1. The summed E-state index contributed by atoms with van der Waals surface area (Å²) in [6.07, 6.45) is 0. The van der Waals surface area contributed by atoms with Gasteiger partial charge < -0.3 is 23.7 Å². The summed E-state index contributed by atoms with van der Waals surface area (Å²) in [6.45, 7) is 2.41. The van der Waals surface area contributed by atoms with Crippen LogP contribution in [-0.4, -0.2) is 33.9 Å². The molecule has 0 N–H and O–H groups in total. The molecule has 0 aliphatic carbocycles. The predicted molar refractivity (Wildman–Crippen MR) is 96.2 cm³/mol. The second kappa shape index (κ2) is 9.23. The fourth-order valence-electron chi connectivity index (χ4n) is 2.16. The molecule has 0 saturated carbocycles. The van der Waals surface area contributed by atoms with Crippen LogP contribution in [0.4, 0.5) is 0 Å². The lowest BCUT2D eigenvalue weighted by atomic mass is 10.2. The van der Waals surface area contributed by atoms with Crippen LogP contribution in [0.5, 0.6) is 28.7 Å². The van der Waals surface area contributed by atoms with Gasteiger partial charge in [-0.2, -0.15) is 0 Å². The van der Waals surface area contributed by atoms with Gasteiger partial charge in [0.05, 0.1) is 27.9 Å². The first-order chi connectivity index (χ1) is 12.6.